The highest BCUT2D eigenvalue weighted by atomic mass is 35.5. The Hall–Kier alpha value is -3.95. The molecule has 0 spiro atoms. The fourth-order valence-electron chi connectivity index (χ4n) is 5.01. The molecule has 2 N–H and O–H groups in total. The number of benzene rings is 3. The number of ether oxygens (including phenoxy) is 3. The normalized spacial score (nSPS) is 16.7. The van der Waals surface area contributed by atoms with E-state index in [-0.39, 0.29) is 35.6 Å². The summed E-state index contributed by atoms with van der Waals surface area (Å²) in [5.74, 6) is 0.535. The van der Waals surface area contributed by atoms with Crippen molar-refractivity contribution in [1.82, 2.24) is 15.5 Å². The van der Waals surface area contributed by atoms with Gasteiger partial charge in [0.1, 0.15) is 5.75 Å². The molecular weight excluding hydrogens is 569 g/mol. The third kappa shape index (κ3) is 6.52. The van der Waals surface area contributed by atoms with Gasteiger partial charge < -0.3 is 29.7 Å². The molecule has 214 valence electrons. The van der Waals surface area contributed by atoms with Gasteiger partial charge in [0.2, 0.25) is 5.91 Å². The Morgan fingerprint density at radius 3 is 2.80 bits per heavy atom. The number of nitrogens with zero attached hydrogens (tertiary/aromatic N) is 1. The van der Waals surface area contributed by atoms with Gasteiger partial charge in [0, 0.05) is 18.1 Å². The van der Waals surface area contributed by atoms with E-state index < -0.39 is 11.9 Å². The van der Waals surface area contributed by atoms with Crippen molar-refractivity contribution in [2.24, 2.45) is 0 Å². The summed E-state index contributed by atoms with van der Waals surface area (Å²) in [6.45, 7) is 0.848. The van der Waals surface area contributed by atoms with Gasteiger partial charge in [-0.1, -0.05) is 35.3 Å². The summed E-state index contributed by atoms with van der Waals surface area (Å²) in [5.41, 5.74) is 2.85. The Kier molecular flexibility index (Phi) is 8.85. The van der Waals surface area contributed by atoms with Crippen LogP contribution in [0.5, 0.6) is 17.2 Å². The molecule has 3 aromatic rings. The van der Waals surface area contributed by atoms with Crippen molar-refractivity contribution in [3.05, 3.63) is 86.9 Å². The average molecular weight is 598 g/mol. The number of nitrogens with one attached hydrogen (secondary N) is 2. The summed E-state index contributed by atoms with van der Waals surface area (Å²) >= 11 is 12.2. The highest BCUT2D eigenvalue weighted by molar-refractivity contribution is 6.35. The third-order valence-corrected chi connectivity index (χ3v) is 7.56. The lowest BCUT2D eigenvalue weighted by Crippen LogP contribution is -2.45. The van der Waals surface area contributed by atoms with Crippen LogP contribution in [0, 0.1) is 0 Å². The molecule has 3 aliphatic heterocycles. The number of hydrogen-bond donors (Lipinski definition) is 2. The van der Waals surface area contributed by atoms with Crippen molar-refractivity contribution < 1.29 is 28.6 Å². The number of methoxy groups -OCH3 is 1. The van der Waals surface area contributed by atoms with Crippen LogP contribution < -0.4 is 24.8 Å². The molecule has 6 rings (SSSR count). The Morgan fingerprint density at radius 2 is 1.98 bits per heavy atom. The van der Waals surface area contributed by atoms with Crippen molar-refractivity contribution in [2.45, 2.75) is 18.9 Å². The zero-order valence-electron chi connectivity index (χ0n) is 22.4. The number of hydrogen-bond acceptors (Lipinski definition) is 6. The van der Waals surface area contributed by atoms with Crippen LogP contribution in [0.2, 0.25) is 10.0 Å². The quantitative estimate of drug-likeness (QED) is 0.467. The minimum Gasteiger partial charge on any atom is -0.494 e. The molecule has 41 heavy (non-hydrogen) atoms. The molecule has 3 amide bonds. The van der Waals surface area contributed by atoms with Gasteiger partial charge in [-0.3, -0.25) is 14.4 Å². The van der Waals surface area contributed by atoms with E-state index in [0.717, 1.165) is 16.7 Å². The van der Waals surface area contributed by atoms with Gasteiger partial charge >= 0.3 is 0 Å². The van der Waals surface area contributed by atoms with Crippen LogP contribution in [0.25, 0.3) is 0 Å². The summed E-state index contributed by atoms with van der Waals surface area (Å²) in [6.07, 6.45) is 1.15. The topological polar surface area (TPSA) is 106 Å². The van der Waals surface area contributed by atoms with Crippen LogP contribution in [0.15, 0.2) is 54.6 Å². The fraction of sp³-hybridized carbons (Fsp3) is 0.300. The van der Waals surface area contributed by atoms with Gasteiger partial charge in [0.05, 0.1) is 36.9 Å². The number of fused-ring (bicyclic) bond motifs is 8. The molecule has 0 fully saturated rings. The molecule has 1 atom stereocenters. The van der Waals surface area contributed by atoms with Gasteiger partial charge in [-0.2, -0.15) is 0 Å². The summed E-state index contributed by atoms with van der Waals surface area (Å²) in [7, 11) is 1.53. The van der Waals surface area contributed by atoms with Crippen LogP contribution in [-0.2, 0) is 16.0 Å². The lowest BCUT2D eigenvalue weighted by Gasteiger charge is -2.38. The predicted molar refractivity (Wildman–Crippen MR) is 154 cm³/mol. The SMILES string of the molecule is COc1cc2c3cc1OCC(=O)NCCCOc1cccc(c1)C2N(C(=O)CNC(=O)c1cc(Cl)ccc1Cl)CC3. The molecule has 9 nitrogen and oxygen atoms in total. The smallest absolute Gasteiger partial charge is 0.257 e. The van der Waals surface area contributed by atoms with E-state index in [0.29, 0.717) is 54.8 Å². The van der Waals surface area contributed by atoms with Crippen LogP contribution >= 0.6 is 23.2 Å². The molecular formula is C30H29Cl2N3O6. The van der Waals surface area contributed by atoms with E-state index in [1.54, 1.807) is 11.0 Å². The first-order valence-corrected chi connectivity index (χ1v) is 14.0. The maximum absolute atomic E-state index is 13.7. The average Bonchev–Trinajstić information content (AvgIpc) is 2.98. The number of carbonyl (C=O) groups is 3. The number of halogens is 2. The summed E-state index contributed by atoms with van der Waals surface area (Å²) in [4.78, 5) is 40.5. The van der Waals surface area contributed by atoms with Crippen LogP contribution in [0.3, 0.4) is 0 Å². The van der Waals surface area contributed by atoms with Crippen LogP contribution in [0.1, 0.15) is 39.5 Å². The number of amides is 3. The maximum atomic E-state index is 13.7. The Bertz CT molecular complexity index is 1480. The van der Waals surface area contributed by atoms with Crippen molar-refractivity contribution in [3.8, 4) is 17.2 Å². The molecule has 3 aromatic carbocycles. The summed E-state index contributed by atoms with van der Waals surface area (Å²) in [5, 5.41) is 6.12. The molecule has 1 unspecified atom stereocenters. The van der Waals surface area contributed by atoms with Crippen molar-refractivity contribution in [2.75, 3.05) is 40.0 Å². The Morgan fingerprint density at radius 1 is 1.12 bits per heavy atom. The number of carbonyl (C=O) groups excluding carboxylic acids is 3. The van der Waals surface area contributed by atoms with Gasteiger partial charge in [0.15, 0.2) is 18.1 Å². The first-order chi connectivity index (χ1) is 19.8. The Labute approximate surface area is 247 Å². The van der Waals surface area contributed by atoms with E-state index in [2.05, 4.69) is 10.6 Å². The highest BCUT2D eigenvalue weighted by Gasteiger charge is 2.34. The summed E-state index contributed by atoms with van der Waals surface area (Å²) in [6, 6.07) is 15.4. The van der Waals surface area contributed by atoms with Gasteiger partial charge in [-0.25, -0.2) is 0 Å². The molecule has 3 heterocycles. The van der Waals surface area contributed by atoms with Gasteiger partial charge in [-0.15, -0.1) is 0 Å². The van der Waals surface area contributed by atoms with E-state index in [9.17, 15) is 14.4 Å². The van der Waals surface area contributed by atoms with E-state index in [1.165, 1.54) is 19.2 Å². The first kappa shape index (κ1) is 28.6. The molecule has 0 aliphatic carbocycles. The second-order valence-electron chi connectivity index (χ2n) is 9.66. The van der Waals surface area contributed by atoms with Crippen LogP contribution in [0.4, 0.5) is 0 Å². The molecule has 0 radical (unpaired) electrons. The van der Waals surface area contributed by atoms with Gasteiger partial charge in [-0.05, 0) is 72.0 Å². The fourth-order valence-corrected chi connectivity index (χ4v) is 5.39. The minimum atomic E-state index is -0.496. The molecule has 11 heteroatoms. The standard InChI is InChI=1S/C30H29Cl2N3O6/c1-39-25-15-22-18-8-10-35(28(37)16-34-30(38)23-14-20(31)6-7-24(23)32)29(22)19-4-2-5-21(12-19)40-11-3-9-33-27(36)17-41-26(25)13-18/h2,4-7,12-15,29H,3,8-11,16-17H2,1H3,(H,33,36)(H,34,38). The lowest BCUT2D eigenvalue weighted by atomic mass is 9.87. The van der Waals surface area contributed by atoms with Crippen LogP contribution in [-0.4, -0.2) is 62.6 Å². The second-order valence-corrected chi connectivity index (χ2v) is 10.5. The molecule has 6 bridgehead atoms. The highest BCUT2D eigenvalue weighted by Crippen LogP contribution is 2.42. The monoisotopic (exact) mass is 597 g/mol. The second kappa shape index (κ2) is 12.7. The van der Waals surface area contributed by atoms with Crippen molar-refractivity contribution in [3.63, 3.8) is 0 Å². The zero-order chi connectivity index (χ0) is 28.9. The van der Waals surface area contributed by atoms with Gasteiger partial charge in [0.25, 0.3) is 11.8 Å². The molecule has 3 aliphatic rings. The lowest BCUT2D eigenvalue weighted by molar-refractivity contribution is -0.132. The Balaban J connectivity index is 1.48. The van der Waals surface area contributed by atoms with E-state index in [4.69, 9.17) is 37.4 Å². The molecule has 0 saturated carbocycles. The minimum absolute atomic E-state index is 0.153. The maximum Gasteiger partial charge on any atom is 0.257 e. The van der Waals surface area contributed by atoms with Crippen molar-refractivity contribution in [1.29, 1.82) is 0 Å². The number of rotatable bonds is 4. The summed E-state index contributed by atoms with van der Waals surface area (Å²) < 4.78 is 17.4. The first-order valence-electron chi connectivity index (χ1n) is 13.2. The van der Waals surface area contributed by atoms with E-state index >= 15 is 0 Å². The van der Waals surface area contributed by atoms with Crippen molar-refractivity contribution >= 4 is 40.9 Å². The predicted octanol–water partition coefficient (Wildman–Crippen LogP) is 4.18. The zero-order valence-corrected chi connectivity index (χ0v) is 23.9. The largest absolute Gasteiger partial charge is 0.494 e. The molecule has 0 saturated heterocycles. The molecule has 0 aromatic heterocycles. The third-order valence-electron chi connectivity index (χ3n) is 6.99. The van der Waals surface area contributed by atoms with E-state index in [1.807, 2.05) is 36.4 Å².